The number of esters is 2. The fraction of sp³-hybridized carbons (Fsp3) is 0.286. The molecule has 2 unspecified atom stereocenters. The van der Waals surface area contributed by atoms with Crippen molar-refractivity contribution in [1.82, 2.24) is 50.1 Å². The lowest BCUT2D eigenvalue weighted by molar-refractivity contribution is -0.753. The van der Waals surface area contributed by atoms with Crippen LogP contribution >= 0.6 is 22.7 Å². The molecule has 10 aromatic rings. The lowest BCUT2D eigenvalue weighted by atomic mass is 9.82. The summed E-state index contributed by atoms with van der Waals surface area (Å²) in [7, 11) is 0.995. The molecule has 30 nitrogen and oxygen atoms in total. The average Bonchev–Trinajstić information content (AvgIpc) is 1.76. The highest BCUT2D eigenvalue weighted by molar-refractivity contribution is 7.79. The predicted octanol–water partition coefficient (Wildman–Crippen LogP) is 7.83. The van der Waals surface area contributed by atoms with Gasteiger partial charge in [-0.15, -0.1) is 32.0 Å². The molecule has 107 heavy (non-hydrogen) atoms. The second-order valence-corrected chi connectivity index (χ2v) is 26.3. The van der Waals surface area contributed by atoms with E-state index in [4.69, 9.17) is 57.0 Å². The number of pyridine rings is 2. The number of ether oxygens (including phenoxy) is 4. The number of nitrogens with zero attached hydrogens (tertiary/aromatic N) is 14. The number of aromatic nitrogens is 10. The Morgan fingerprint density at radius 3 is 1.33 bits per heavy atom. The van der Waals surface area contributed by atoms with E-state index < -0.39 is 93.3 Å². The van der Waals surface area contributed by atoms with Crippen LogP contribution in [0.5, 0.6) is 0 Å². The number of hydrogen-bond donors (Lipinski definition) is 4. The van der Waals surface area contributed by atoms with Crippen molar-refractivity contribution in [3.05, 3.63) is 224 Å². The molecule has 6 aromatic heterocycles. The molecule has 0 fully saturated rings. The zero-order valence-electron chi connectivity index (χ0n) is 58.4. The van der Waals surface area contributed by atoms with Gasteiger partial charge in [0.15, 0.2) is 0 Å². The van der Waals surface area contributed by atoms with Crippen molar-refractivity contribution in [3.63, 3.8) is 0 Å². The van der Waals surface area contributed by atoms with Crippen molar-refractivity contribution in [2.24, 2.45) is 0 Å². The maximum atomic E-state index is 15.3. The van der Waals surface area contributed by atoms with Gasteiger partial charge in [-0.05, 0) is 86.9 Å². The zero-order chi connectivity index (χ0) is 77.9. The summed E-state index contributed by atoms with van der Waals surface area (Å²) < 4.78 is 121. The molecule has 560 valence electrons. The number of carbonyl (C=O) groups is 4. The summed E-state index contributed by atoms with van der Waals surface area (Å²) in [6.45, 7) is 5.70. The SMILES string of the molecule is CNCC(=O)OCc1cccnc1N(C)C(=O)OC(C)[n+]1cnn(C[C@](O)(c2cc(F)ccc2F)[C@@H](C)c2nc(-c3ccc(C#N)cc3)cs2)c1.CNCC(=O)OCc1cccnc1N(C)C(=O)OC(C)[n+]1cnn(C[C@](O)(c2cc(F)ccc2F)[C@@H](C)c2nc(-c3ccc(C#N)cc3)cs2)c1.O=S(=O)([O-])[O-]. The topological polar surface area (TPSA) is 399 Å². The molecule has 6 atom stereocenters. The molecular formula is C70H70F4N16O14S3. The lowest BCUT2D eigenvalue weighted by Crippen LogP contribution is -2.42. The van der Waals surface area contributed by atoms with Crippen molar-refractivity contribution in [1.29, 1.82) is 10.5 Å². The van der Waals surface area contributed by atoms with Crippen LogP contribution in [-0.4, -0.2) is 133 Å². The van der Waals surface area contributed by atoms with Crippen LogP contribution in [0.25, 0.3) is 22.5 Å². The van der Waals surface area contributed by atoms with Gasteiger partial charge in [-0.25, -0.2) is 47.1 Å². The molecule has 0 aliphatic heterocycles. The van der Waals surface area contributed by atoms with Crippen molar-refractivity contribution < 1.29 is 92.6 Å². The molecule has 2 amide bonds. The Hall–Kier alpha value is -11.4. The molecule has 0 saturated carbocycles. The van der Waals surface area contributed by atoms with Gasteiger partial charge in [0.2, 0.25) is 25.1 Å². The van der Waals surface area contributed by atoms with Crippen LogP contribution in [-0.2, 0) is 76.4 Å². The second kappa shape index (κ2) is 36.5. The quantitative estimate of drug-likeness (QED) is 0.0100. The molecule has 4 aromatic carbocycles. The van der Waals surface area contributed by atoms with E-state index in [9.17, 15) is 38.2 Å². The number of thiazole rings is 2. The average molecular weight is 1530 g/mol. The maximum Gasteiger partial charge on any atom is 0.418 e. The van der Waals surface area contributed by atoms with Crippen LogP contribution in [0.1, 0.15) is 95.4 Å². The first-order valence-corrected chi connectivity index (χ1v) is 35.1. The van der Waals surface area contributed by atoms with Gasteiger partial charge in [0, 0.05) is 117 Å². The zero-order valence-corrected chi connectivity index (χ0v) is 60.8. The Morgan fingerprint density at radius 1 is 0.617 bits per heavy atom. The van der Waals surface area contributed by atoms with Gasteiger partial charge in [0.05, 0.1) is 57.8 Å². The minimum atomic E-state index is -5.17. The number of aliphatic hydroxyl groups is 2. The van der Waals surface area contributed by atoms with Crippen LogP contribution in [0.15, 0.2) is 158 Å². The number of halogens is 4. The minimum absolute atomic E-state index is 0.0229. The summed E-state index contributed by atoms with van der Waals surface area (Å²) in [6.07, 6.45) is 5.30. The van der Waals surface area contributed by atoms with E-state index in [1.54, 1.807) is 125 Å². The largest absolute Gasteiger partial charge is 0.759 e. The van der Waals surface area contributed by atoms with Crippen molar-refractivity contribution in [2.75, 3.05) is 51.1 Å². The van der Waals surface area contributed by atoms with Gasteiger partial charge in [0.1, 0.15) is 72.4 Å². The molecule has 6 heterocycles. The number of hydrogen-bond acceptors (Lipinski definition) is 26. The number of rotatable bonds is 26. The van der Waals surface area contributed by atoms with Crippen molar-refractivity contribution >= 4 is 68.8 Å². The van der Waals surface area contributed by atoms with Gasteiger partial charge in [-0.1, -0.05) is 50.2 Å². The number of carbonyl (C=O) groups excluding carboxylic acids is 4. The lowest BCUT2D eigenvalue weighted by Gasteiger charge is -2.32. The molecule has 0 saturated heterocycles. The first-order chi connectivity index (χ1) is 50.9. The predicted molar refractivity (Wildman–Crippen MR) is 372 cm³/mol. The fourth-order valence-corrected chi connectivity index (χ4v) is 12.4. The molecule has 0 aliphatic rings. The third-order valence-electron chi connectivity index (χ3n) is 16.4. The maximum absolute atomic E-state index is 15.3. The van der Waals surface area contributed by atoms with E-state index in [0.29, 0.717) is 43.7 Å². The summed E-state index contributed by atoms with van der Waals surface area (Å²) in [5.41, 5.74) is 0.00150. The Bertz CT molecular complexity index is 4660. The monoisotopic (exact) mass is 1530 g/mol. The van der Waals surface area contributed by atoms with E-state index in [1.807, 2.05) is 0 Å². The molecule has 4 N–H and O–H groups in total. The summed E-state index contributed by atoms with van der Waals surface area (Å²) in [4.78, 5) is 70.2. The number of nitrogens with one attached hydrogen (secondary N) is 2. The first kappa shape index (κ1) is 81.3. The number of likely N-dealkylation sites (N-methyl/N-ethyl adjacent to an activating group) is 2. The molecular weight excluding hydrogens is 1460 g/mol. The third kappa shape index (κ3) is 21.4. The van der Waals surface area contributed by atoms with Gasteiger partial charge < -0.3 is 48.9 Å². The first-order valence-electron chi connectivity index (χ1n) is 32.0. The Kier molecular flexibility index (Phi) is 27.8. The Labute approximate surface area is 618 Å². The number of benzene rings is 4. The second-order valence-electron chi connectivity index (χ2n) is 23.7. The fourth-order valence-electron chi connectivity index (χ4n) is 10.5. The van der Waals surface area contributed by atoms with E-state index in [-0.39, 0.29) is 62.2 Å². The van der Waals surface area contributed by atoms with E-state index in [0.717, 1.165) is 47.5 Å². The molecule has 0 aliphatic carbocycles. The highest BCUT2D eigenvalue weighted by Gasteiger charge is 2.45. The van der Waals surface area contributed by atoms with Gasteiger partial charge in [-0.2, -0.15) is 19.7 Å². The van der Waals surface area contributed by atoms with Crippen LogP contribution in [0, 0.1) is 45.9 Å². The van der Waals surface area contributed by atoms with Crippen molar-refractivity contribution in [2.45, 2.75) is 89.5 Å². The Balaban J connectivity index is 0.000000254. The van der Waals surface area contributed by atoms with Crippen LogP contribution < -0.4 is 29.6 Å². The van der Waals surface area contributed by atoms with Crippen molar-refractivity contribution in [3.8, 4) is 34.7 Å². The van der Waals surface area contributed by atoms with Crippen LogP contribution in [0.2, 0.25) is 0 Å². The molecule has 0 spiro atoms. The van der Waals surface area contributed by atoms with E-state index >= 15 is 8.78 Å². The van der Waals surface area contributed by atoms with Gasteiger partial charge in [0.25, 0.3) is 12.7 Å². The standard InChI is InChI=1S/2C35H35F2N8O5S.H2O4S/c2*1-22(33-42-30(18-51-33)25-9-7-24(15-38)8-10-25)35(48,28-14-27(36)11-12-29(28)37)19-45-21-44(20-41-45)23(2)50-34(47)43(4)32-26(6-5-13-40-32)17-49-31(46)16-39-3;1-5(2,3)4/h2*5-14,18,20-23,39,48H,16-17,19H2,1-4H3;(H2,1,2,3,4)/q2*+1;/p-2/t2*22-,23?,35+;/m00./s1. The van der Waals surface area contributed by atoms with E-state index in [1.165, 1.54) is 103 Å². The highest BCUT2D eigenvalue weighted by Crippen LogP contribution is 2.44. The summed E-state index contributed by atoms with van der Waals surface area (Å²) in [5, 5.41) is 61.3. The highest BCUT2D eigenvalue weighted by atomic mass is 32.3. The number of amides is 2. The molecule has 10 rings (SSSR count). The molecule has 37 heteroatoms. The summed E-state index contributed by atoms with van der Waals surface area (Å²) >= 11 is 2.50. The third-order valence-corrected chi connectivity index (χ3v) is 18.4. The molecule has 0 bridgehead atoms. The van der Waals surface area contributed by atoms with Gasteiger partial charge >= 0.3 is 24.1 Å². The van der Waals surface area contributed by atoms with Crippen LogP contribution in [0.4, 0.5) is 38.8 Å². The number of nitriles is 2. The normalized spacial score (nSPS) is 13.4. The number of anilines is 2. The summed E-state index contributed by atoms with van der Waals surface area (Å²) in [5.74, 6) is -5.28. The smallest absolute Gasteiger partial charge is 0.418 e. The molecule has 0 radical (unpaired) electrons. The minimum Gasteiger partial charge on any atom is -0.759 e. The van der Waals surface area contributed by atoms with Crippen LogP contribution in [0.3, 0.4) is 0 Å². The Morgan fingerprint density at radius 2 is 0.981 bits per heavy atom. The van der Waals surface area contributed by atoms with Gasteiger partial charge in [-0.3, -0.25) is 27.8 Å². The van der Waals surface area contributed by atoms with E-state index in [2.05, 4.69) is 42.9 Å². The summed E-state index contributed by atoms with van der Waals surface area (Å²) in [6, 6.07) is 30.2.